The molecule has 0 aromatic heterocycles. The lowest BCUT2D eigenvalue weighted by molar-refractivity contribution is -0.479. The highest BCUT2D eigenvalue weighted by Gasteiger charge is 2.53. The number of epoxide rings is 1. The average Bonchev–Trinajstić information content (AvgIpc) is 3.23. The average molecular weight is 308 g/mol. The molecule has 21 heavy (non-hydrogen) atoms. The fraction of sp³-hybridized carbons (Fsp3) is 1.00. The molecular weight excluding hydrogens is 280 g/mol. The van der Waals surface area contributed by atoms with Gasteiger partial charge in [-0.15, -0.1) is 0 Å². The van der Waals surface area contributed by atoms with E-state index < -0.39 is 11.8 Å². The number of ether oxygens (including phenoxy) is 5. The van der Waals surface area contributed by atoms with Crippen LogP contribution in [0.15, 0.2) is 0 Å². The molecule has 1 fully saturated rings. The number of hydrogen-bond donors (Lipinski definition) is 2. The van der Waals surface area contributed by atoms with Gasteiger partial charge in [-0.3, -0.25) is 0 Å². The minimum atomic E-state index is -2.19. The van der Waals surface area contributed by atoms with Crippen molar-refractivity contribution in [3.05, 3.63) is 0 Å². The number of aliphatic hydroxyl groups is 2. The predicted molar refractivity (Wildman–Crippen MR) is 74.6 cm³/mol. The molecule has 2 N–H and O–H groups in total. The van der Waals surface area contributed by atoms with Crippen molar-refractivity contribution in [2.45, 2.75) is 51.5 Å². The van der Waals surface area contributed by atoms with Crippen LogP contribution in [0.25, 0.3) is 0 Å². The molecule has 0 spiro atoms. The van der Waals surface area contributed by atoms with E-state index in [0.717, 1.165) is 6.61 Å². The first-order valence-electron chi connectivity index (χ1n) is 7.57. The van der Waals surface area contributed by atoms with Gasteiger partial charge in [-0.05, 0) is 27.2 Å². The van der Waals surface area contributed by atoms with E-state index in [2.05, 4.69) is 0 Å². The maximum Gasteiger partial charge on any atom is 0.337 e. The fourth-order valence-electron chi connectivity index (χ4n) is 2.01. The lowest BCUT2D eigenvalue weighted by atomic mass is 10.1. The van der Waals surface area contributed by atoms with Crippen LogP contribution in [0.5, 0.6) is 0 Å². The zero-order valence-corrected chi connectivity index (χ0v) is 13.2. The highest BCUT2D eigenvalue weighted by atomic mass is 16.9. The molecule has 0 aromatic carbocycles. The van der Waals surface area contributed by atoms with Gasteiger partial charge in [0, 0.05) is 32.8 Å². The monoisotopic (exact) mass is 308 g/mol. The van der Waals surface area contributed by atoms with E-state index in [1.165, 1.54) is 0 Å². The van der Waals surface area contributed by atoms with E-state index in [4.69, 9.17) is 23.7 Å². The molecule has 1 aliphatic rings. The third kappa shape index (κ3) is 5.78. The van der Waals surface area contributed by atoms with Gasteiger partial charge in [0.05, 0.1) is 13.2 Å². The van der Waals surface area contributed by atoms with E-state index in [1.54, 1.807) is 20.8 Å². The molecule has 2 unspecified atom stereocenters. The second kappa shape index (κ2) is 8.99. The Morgan fingerprint density at radius 2 is 1.62 bits per heavy atom. The fourth-order valence-corrected chi connectivity index (χ4v) is 2.01. The summed E-state index contributed by atoms with van der Waals surface area (Å²) in [6.45, 7) is 7.45. The SMILES string of the molecule is CCOC(O)(CCCOCC1CO1)C(O)(OCC)OCC. The Morgan fingerprint density at radius 3 is 2.10 bits per heavy atom. The number of rotatable bonds is 13. The van der Waals surface area contributed by atoms with Crippen molar-refractivity contribution in [2.75, 3.05) is 39.6 Å². The molecule has 7 nitrogen and oxygen atoms in total. The predicted octanol–water partition coefficient (Wildman–Crippen LogP) is 0.626. The summed E-state index contributed by atoms with van der Waals surface area (Å²) in [6.07, 6.45) is 0.828. The largest absolute Gasteiger partial charge is 0.379 e. The first kappa shape index (κ1) is 18.8. The second-order valence-electron chi connectivity index (χ2n) is 4.80. The number of hydrogen-bond acceptors (Lipinski definition) is 7. The zero-order chi connectivity index (χ0) is 15.8. The molecule has 0 aliphatic carbocycles. The van der Waals surface area contributed by atoms with Crippen molar-refractivity contribution < 1.29 is 33.9 Å². The van der Waals surface area contributed by atoms with Crippen LogP contribution in [0, 0.1) is 0 Å². The minimum absolute atomic E-state index is 0.128. The Balaban J connectivity index is 2.50. The van der Waals surface area contributed by atoms with E-state index >= 15 is 0 Å². The molecule has 0 radical (unpaired) electrons. The van der Waals surface area contributed by atoms with Crippen LogP contribution >= 0.6 is 0 Å². The van der Waals surface area contributed by atoms with E-state index in [1.807, 2.05) is 0 Å². The Morgan fingerprint density at radius 1 is 1.05 bits per heavy atom. The lowest BCUT2D eigenvalue weighted by Crippen LogP contribution is -2.59. The molecular formula is C14H28O7. The summed E-state index contributed by atoms with van der Waals surface area (Å²) in [5, 5.41) is 21.0. The molecule has 126 valence electrons. The van der Waals surface area contributed by atoms with Crippen LogP contribution in [0.4, 0.5) is 0 Å². The maximum atomic E-state index is 10.6. The van der Waals surface area contributed by atoms with Gasteiger partial charge in [-0.1, -0.05) is 0 Å². The Labute approximate surface area is 126 Å². The van der Waals surface area contributed by atoms with Gasteiger partial charge in [-0.2, -0.15) is 0 Å². The maximum absolute atomic E-state index is 10.6. The van der Waals surface area contributed by atoms with Crippen LogP contribution in [0.3, 0.4) is 0 Å². The summed E-state index contributed by atoms with van der Waals surface area (Å²) < 4.78 is 26.1. The first-order chi connectivity index (χ1) is 10.0. The summed E-state index contributed by atoms with van der Waals surface area (Å²) in [4.78, 5) is 0. The van der Waals surface area contributed by atoms with Gasteiger partial charge in [-0.25, -0.2) is 0 Å². The summed E-state index contributed by atoms with van der Waals surface area (Å²) in [5.41, 5.74) is 0. The van der Waals surface area contributed by atoms with Crippen LogP contribution in [-0.2, 0) is 23.7 Å². The van der Waals surface area contributed by atoms with Crippen LogP contribution in [0.1, 0.15) is 33.6 Å². The lowest BCUT2D eigenvalue weighted by Gasteiger charge is -2.41. The molecule has 0 aromatic rings. The van der Waals surface area contributed by atoms with Gasteiger partial charge in [0.2, 0.25) is 5.79 Å². The Bertz CT molecular complexity index is 276. The van der Waals surface area contributed by atoms with Crippen molar-refractivity contribution >= 4 is 0 Å². The van der Waals surface area contributed by atoms with Crippen molar-refractivity contribution in [1.29, 1.82) is 0 Å². The molecule has 0 bridgehead atoms. The van der Waals surface area contributed by atoms with Crippen molar-refractivity contribution in [3.63, 3.8) is 0 Å². The van der Waals surface area contributed by atoms with Crippen molar-refractivity contribution in [1.82, 2.24) is 0 Å². The summed E-state index contributed by atoms with van der Waals surface area (Å²) in [6, 6.07) is 0. The van der Waals surface area contributed by atoms with E-state index in [0.29, 0.717) is 19.6 Å². The van der Waals surface area contributed by atoms with Gasteiger partial charge >= 0.3 is 5.97 Å². The van der Waals surface area contributed by atoms with Crippen LogP contribution in [-0.4, -0.2) is 67.7 Å². The Kier molecular flexibility index (Phi) is 8.04. The van der Waals surface area contributed by atoms with E-state index in [-0.39, 0.29) is 32.3 Å². The van der Waals surface area contributed by atoms with Gasteiger partial charge < -0.3 is 33.9 Å². The van der Waals surface area contributed by atoms with Crippen LogP contribution < -0.4 is 0 Å². The van der Waals surface area contributed by atoms with Gasteiger partial charge in [0.15, 0.2) is 0 Å². The minimum Gasteiger partial charge on any atom is -0.379 e. The topological polar surface area (TPSA) is 89.9 Å². The molecule has 2 atom stereocenters. The Hall–Kier alpha value is -0.280. The molecule has 1 aliphatic heterocycles. The van der Waals surface area contributed by atoms with Crippen LogP contribution in [0.2, 0.25) is 0 Å². The van der Waals surface area contributed by atoms with Crippen molar-refractivity contribution in [3.8, 4) is 0 Å². The molecule has 7 heteroatoms. The highest BCUT2D eigenvalue weighted by Crippen LogP contribution is 2.31. The second-order valence-corrected chi connectivity index (χ2v) is 4.80. The normalized spacial score (nSPS) is 21.3. The quantitative estimate of drug-likeness (QED) is 0.293. The van der Waals surface area contributed by atoms with Gasteiger partial charge in [0.1, 0.15) is 6.10 Å². The summed E-state index contributed by atoms with van der Waals surface area (Å²) in [7, 11) is 0. The van der Waals surface area contributed by atoms with Crippen molar-refractivity contribution in [2.24, 2.45) is 0 Å². The smallest absolute Gasteiger partial charge is 0.337 e. The molecule has 1 rings (SSSR count). The van der Waals surface area contributed by atoms with Gasteiger partial charge in [0.25, 0.3) is 0 Å². The summed E-state index contributed by atoms with van der Waals surface area (Å²) >= 11 is 0. The van der Waals surface area contributed by atoms with E-state index in [9.17, 15) is 10.2 Å². The zero-order valence-electron chi connectivity index (χ0n) is 13.2. The highest BCUT2D eigenvalue weighted by molar-refractivity contribution is 4.79. The molecule has 1 saturated heterocycles. The molecule has 1 heterocycles. The summed E-state index contributed by atoms with van der Waals surface area (Å²) in [5.74, 6) is -4.13. The third-order valence-corrected chi connectivity index (χ3v) is 3.07. The molecule has 0 amide bonds. The standard InChI is InChI=1S/C14H28O7/c1-4-19-13(15,14(16,20-5-2)21-6-3)8-7-9-17-10-12-11-18-12/h12,15-16H,4-11H2,1-3H3. The third-order valence-electron chi connectivity index (χ3n) is 3.07. The first-order valence-corrected chi connectivity index (χ1v) is 7.57. The molecule has 0 saturated carbocycles.